The van der Waals surface area contributed by atoms with E-state index in [1.807, 2.05) is 55.6 Å². The average Bonchev–Trinajstić information content (AvgIpc) is 3.27. The van der Waals surface area contributed by atoms with E-state index in [0.29, 0.717) is 28.8 Å². The standard InChI is InChI=1S/C23H20N4O2S2/c1-15-10-16(2)26-23(25-15)31-21-8-6-18(7-9-21)27-22(28)17-4-3-5-20(11-17)29-12-19-13-30-14-24-19/h3-11,13-14H,12H2,1-2H3,(H,27,28). The fraction of sp³-hybridized carbons (Fsp3) is 0.130. The van der Waals surface area contributed by atoms with Crippen LogP contribution in [-0.4, -0.2) is 20.9 Å². The Kier molecular flexibility index (Phi) is 6.59. The molecule has 156 valence electrons. The highest BCUT2D eigenvalue weighted by molar-refractivity contribution is 7.99. The molecule has 31 heavy (non-hydrogen) atoms. The minimum absolute atomic E-state index is 0.197. The molecule has 4 rings (SSSR count). The van der Waals surface area contributed by atoms with Crippen LogP contribution in [0.15, 0.2) is 75.5 Å². The Hall–Kier alpha value is -3.23. The first-order valence-electron chi connectivity index (χ1n) is 9.57. The monoisotopic (exact) mass is 448 g/mol. The van der Waals surface area contributed by atoms with E-state index in [0.717, 1.165) is 22.0 Å². The van der Waals surface area contributed by atoms with Gasteiger partial charge in [0.2, 0.25) is 0 Å². The number of hydrogen-bond acceptors (Lipinski definition) is 7. The number of hydrogen-bond donors (Lipinski definition) is 1. The van der Waals surface area contributed by atoms with Crippen molar-refractivity contribution in [2.75, 3.05) is 5.32 Å². The summed E-state index contributed by atoms with van der Waals surface area (Å²) in [6, 6.07) is 16.7. The molecule has 2 aromatic carbocycles. The number of ether oxygens (including phenoxy) is 1. The maximum Gasteiger partial charge on any atom is 0.255 e. The van der Waals surface area contributed by atoms with Crippen molar-refractivity contribution in [1.29, 1.82) is 0 Å². The lowest BCUT2D eigenvalue weighted by molar-refractivity contribution is 0.102. The Morgan fingerprint density at radius 2 is 1.84 bits per heavy atom. The normalized spacial score (nSPS) is 10.6. The number of amides is 1. The van der Waals surface area contributed by atoms with E-state index in [1.54, 1.807) is 23.7 Å². The molecule has 0 unspecified atom stereocenters. The predicted molar refractivity (Wildman–Crippen MR) is 123 cm³/mol. The molecule has 0 saturated carbocycles. The van der Waals surface area contributed by atoms with Gasteiger partial charge in [-0.05, 0) is 74.1 Å². The summed E-state index contributed by atoms with van der Waals surface area (Å²) >= 11 is 3.01. The third kappa shape index (κ3) is 5.90. The molecular weight excluding hydrogens is 428 g/mol. The van der Waals surface area contributed by atoms with Crippen LogP contribution in [0.25, 0.3) is 0 Å². The summed E-state index contributed by atoms with van der Waals surface area (Å²) in [5.74, 6) is 0.429. The number of anilines is 1. The van der Waals surface area contributed by atoms with Gasteiger partial charge in [0, 0.05) is 32.9 Å². The highest BCUT2D eigenvalue weighted by Crippen LogP contribution is 2.26. The molecule has 0 aliphatic rings. The van der Waals surface area contributed by atoms with E-state index in [4.69, 9.17) is 4.74 Å². The molecule has 0 atom stereocenters. The summed E-state index contributed by atoms with van der Waals surface area (Å²) in [5.41, 5.74) is 5.75. The molecule has 0 aliphatic heterocycles. The van der Waals surface area contributed by atoms with Crippen LogP contribution in [0.2, 0.25) is 0 Å². The van der Waals surface area contributed by atoms with Crippen molar-refractivity contribution in [3.05, 3.63) is 88.1 Å². The Balaban J connectivity index is 1.37. The zero-order valence-corrected chi connectivity index (χ0v) is 18.7. The Morgan fingerprint density at radius 1 is 1.06 bits per heavy atom. The Morgan fingerprint density at radius 3 is 2.55 bits per heavy atom. The minimum atomic E-state index is -0.197. The van der Waals surface area contributed by atoms with Crippen LogP contribution in [0.3, 0.4) is 0 Å². The molecule has 4 aromatic rings. The maximum atomic E-state index is 12.6. The third-order valence-corrected chi connectivity index (χ3v) is 5.76. The molecule has 8 heteroatoms. The van der Waals surface area contributed by atoms with Gasteiger partial charge < -0.3 is 10.1 Å². The van der Waals surface area contributed by atoms with Crippen LogP contribution in [0.4, 0.5) is 5.69 Å². The number of aromatic nitrogens is 3. The second-order valence-corrected chi connectivity index (χ2v) is 8.57. The minimum Gasteiger partial charge on any atom is -0.487 e. The number of carbonyl (C=O) groups is 1. The van der Waals surface area contributed by atoms with Crippen LogP contribution in [0.5, 0.6) is 5.75 Å². The van der Waals surface area contributed by atoms with Crippen LogP contribution in [0, 0.1) is 13.8 Å². The van der Waals surface area contributed by atoms with Gasteiger partial charge in [-0.2, -0.15) is 0 Å². The fourth-order valence-electron chi connectivity index (χ4n) is 2.85. The summed E-state index contributed by atoms with van der Waals surface area (Å²) in [6.07, 6.45) is 0. The second-order valence-electron chi connectivity index (χ2n) is 6.81. The summed E-state index contributed by atoms with van der Waals surface area (Å²) in [6.45, 7) is 4.28. The average molecular weight is 449 g/mol. The lowest BCUT2D eigenvalue weighted by atomic mass is 10.2. The number of thiazole rings is 1. The third-order valence-electron chi connectivity index (χ3n) is 4.25. The zero-order chi connectivity index (χ0) is 21.6. The second kappa shape index (κ2) is 9.72. The van der Waals surface area contributed by atoms with Crippen LogP contribution >= 0.6 is 23.1 Å². The number of benzene rings is 2. The van der Waals surface area contributed by atoms with Gasteiger partial charge in [-0.1, -0.05) is 6.07 Å². The highest BCUT2D eigenvalue weighted by Gasteiger charge is 2.09. The summed E-state index contributed by atoms with van der Waals surface area (Å²) < 4.78 is 5.73. The van der Waals surface area contributed by atoms with Crippen LogP contribution in [-0.2, 0) is 6.61 Å². The van der Waals surface area contributed by atoms with Crippen molar-refractivity contribution < 1.29 is 9.53 Å². The molecule has 1 amide bonds. The number of nitrogens with one attached hydrogen (secondary N) is 1. The van der Waals surface area contributed by atoms with E-state index in [9.17, 15) is 4.79 Å². The first kappa shape index (κ1) is 21.0. The summed E-state index contributed by atoms with van der Waals surface area (Å²) in [5, 5.41) is 5.57. The number of nitrogens with zero attached hydrogens (tertiary/aromatic N) is 3. The summed E-state index contributed by atoms with van der Waals surface area (Å²) in [7, 11) is 0. The number of aryl methyl sites for hydroxylation is 2. The van der Waals surface area contributed by atoms with E-state index >= 15 is 0 Å². The van der Waals surface area contributed by atoms with Crippen molar-refractivity contribution in [3.8, 4) is 5.75 Å². The van der Waals surface area contributed by atoms with Crippen LogP contribution in [0.1, 0.15) is 27.4 Å². The number of rotatable bonds is 7. The Bertz CT molecular complexity index is 1160. The van der Waals surface area contributed by atoms with Gasteiger partial charge >= 0.3 is 0 Å². The summed E-state index contributed by atoms with van der Waals surface area (Å²) in [4.78, 5) is 26.7. The quantitative estimate of drug-likeness (QED) is 0.375. The smallest absolute Gasteiger partial charge is 0.255 e. The molecule has 6 nitrogen and oxygen atoms in total. The molecule has 0 aliphatic carbocycles. The highest BCUT2D eigenvalue weighted by atomic mass is 32.2. The molecule has 0 saturated heterocycles. The van der Waals surface area contributed by atoms with Gasteiger partial charge in [0.1, 0.15) is 12.4 Å². The van der Waals surface area contributed by atoms with Gasteiger partial charge in [0.05, 0.1) is 11.2 Å². The van der Waals surface area contributed by atoms with Crippen molar-refractivity contribution in [3.63, 3.8) is 0 Å². The molecule has 0 bridgehead atoms. The van der Waals surface area contributed by atoms with Crippen molar-refractivity contribution in [1.82, 2.24) is 15.0 Å². The van der Waals surface area contributed by atoms with E-state index < -0.39 is 0 Å². The van der Waals surface area contributed by atoms with E-state index in [1.165, 1.54) is 23.1 Å². The molecular formula is C23H20N4O2S2. The Labute approximate surface area is 188 Å². The van der Waals surface area contributed by atoms with Crippen molar-refractivity contribution in [2.24, 2.45) is 0 Å². The van der Waals surface area contributed by atoms with Crippen molar-refractivity contribution in [2.45, 2.75) is 30.5 Å². The van der Waals surface area contributed by atoms with Crippen molar-refractivity contribution >= 4 is 34.7 Å². The largest absolute Gasteiger partial charge is 0.487 e. The molecule has 2 heterocycles. The predicted octanol–water partition coefficient (Wildman–Crippen LogP) is 5.53. The zero-order valence-electron chi connectivity index (χ0n) is 17.0. The fourth-order valence-corrected chi connectivity index (χ4v) is 4.25. The molecule has 1 N–H and O–H groups in total. The topological polar surface area (TPSA) is 77.0 Å². The van der Waals surface area contributed by atoms with E-state index in [-0.39, 0.29) is 5.91 Å². The van der Waals surface area contributed by atoms with E-state index in [2.05, 4.69) is 20.3 Å². The van der Waals surface area contributed by atoms with Crippen LogP contribution < -0.4 is 10.1 Å². The van der Waals surface area contributed by atoms with Gasteiger partial charge in [-0.25, -0.2) is 15.0 Å². The first-order chi connectivity index (χ1) is 15.0. The maximum absolute atomic E-state index is 12.6. The van der Waals surface area contributed by atoms with Gasteiger partial charge in [-0.3, -0.25) is 4.79 Å². The van der Waals surface area contributed by atoms with Gasteiger partial charge in [-0.15, -0.1) is 11.3 Å². The van der Waals surface area contributed by atoms with Gasteiger partial charge in [0.15, 0.2) is 5.16 Å². The SMILES string of the molecule is Cc1cc(C)nc(Sc2ccc(NC(=O)c3cccc(OCc4cscn4)c3)cc2)n1. The van der Waals surface area contributed by atoms with Gasteiger partial charge in [0.25, 0.3) is 5.91 Å². The lowest BCUT2D eigenvalue weighted by Gasteiger charge is -2.09. The molecule has 0 fully saturated rings. The molecule has 0 radical (unpaired) electrons. The first-order valence-corrected chi connectivity index (χ1v) is 11.3. The molecule has 0 spiro atoms. The lowest BCUT2D eigenvalue weighted by Crippen LogP contribution is -2.11. The molecule has 2 aromatic heterocycles. The number of carbonyl (C=O) groups excluding carboxylic acids is 1.